The molecule has 1 saturated heterocycles. The van der Waals surface area contributed by atoms with Crippen LogP contribution in [0, 0.1) is 17.5 Å². The molecule has 2 rings (SSSR count). The Balaban J connectivity index is 2.23. The molecule has 1 fully saturated rings. The summed E-state index contributed by atoms with van der Waals surface area (Å²) in [7, 11) is -4.36. The zero-order valence-corrected chi connectivity index (χ0v) is 11.6. The number of rotatable bonds is 3. The highest BCUT2D eigenvalue weighted by molar-refractivity contribution is 7.89. The van der Waals surface area contributed by atoms with Crippen LogP contribution in [0.25, 0.3) is 0 Å². The van der Waals surface area contributed by atoms with E-state index in [0.29, 0.717) is 25.1 Å². The predicted octanol–water partition coefficient (Wildman–Crippen LogP) is 1.52. The minimum Gasteiger partial charge on any atom is -0.313 e. The number of sulfonamides is 1. The van der Waals surface area contributed by atoms with E-state index < -0.39 is 38.4 Å². The lowest BCUT2D eigenvalue weighted by atomic mass is 10.0. The summed E-state index contributed by atoms with van der Waals surface area (Å²) in [6.07, 6.45) is 1.32. The van der Waals surface area contributed by atoms with Crippen LogP contribution in [0.3, 0.4) is 0 Å². The standard InChI is InChI=1S/C12H15F3N2O2S/c1-7-2-3-9(6-16-7)17-20(18,19)12-10(14)4-8(13)5-11(12)15/h4-5,7,9,16-17H,2-3,6H2,1H3. The lowest BCUT2D eigenvalue weighted by molar-refractivity contribution is 0.365. The zero-order valence-electron chi connectivity index (χ0n) is 10.8. The van der Waals surface area contributed by atoms with Gasteiger partial charge in [-0.15, -0.1) is 0 Å². The maximum absolute atomic E-state index is 13.5. The molecule has 1 aliphatic rings. The van der Waals surface area contributed by atoms with Crippen molar-refractivity contribution in [1.29, 1.82) is 0 Å². The highest BCUT2D eigenvalue weighted by Gasteiger charge is 2.29. The van der Waals surface area contributed by atoms with Crippen molar-refractivity contribution in [2.75, 3.05) is 6.54 Å². The summed E-state index contributed by atoms with van der Waals surface area (Å²) < 4.78 is 66.0. The second-order valence-electron chi connectivity index (χ2n) is 4.90. The third-order valence-electron chi connectivity index (χ3n) is 3.21. The van der Waals surface area contributed by atoms with Crippen LogP contribution in [-0.2, 0) is 10.0 Å². The molecule has 0 spiro atoms. The van der Waals surface area contributed by atoms with Crippen LogP contribution in [0.2, 0.25) is 0 Å². The summed E-state index contributed by atoms with van der Waals surface area (Å²) in [5.74, 6) is -4.04. The van der Waals surface area contributed by atoms with Gasteiger partial charge in [-0.3, -0.25) is 0 Å². The summed E-state index contributed by atoms with van der Waals surface area (Å²) in [5, 5.41) is 3.07. The van der Waals surface area contributed by atoms with Gasteiger partial charge < -0.3 is 5.32 Å². The summed E-state index contributed by atoms with van der Waals surface area (Å²) >= 11 is 0. The van der Waals surface area contributed by atoms with E-state index in [4.69, 9.17) is 0 Å². The lowest BCUT2D eigenvalue weighted by Crippen LogP contribution is -2.48. The van der Waals surface area contributed by atoms with E-state index >= 15 is 0 Å². The van der Waals surface area contributed by atoms with Gasteiger partial charge in [0.1, 0.15) is 17.5 Å². The smallest absolute Gasteiger partial charge is 0.246 e. The van der Waals surface area contributed by atoms with Crippen LogP contribution in [0.15, 0.2) is 17.0 Å². The fourth-order valence-electron chi connectivity index (χ4n) is 2.16. The first-order chi connectivity index (χ1) is 9.29. The first-order valence-electron chi connectivity index (χ1n) is 6.20. The fraction of sp³-hybridized carbons (Fsp3) is 0.500. The van der Waals surface area contributed by atoms with Crippen molar-refractivity contribution in [3.05, 3.63) is 29.6 Å². The maximum atomic E-state index is 13.5. The highest BCUT2D eigenvalue weighted by atomic mass is 32.2. The average molecular weight is 308 g/mol. The minimum absolute atomic E-state index is 0.273. The molecular weight excluding hydrogens is 293 g/mol. The monoisotopic (exact) mass is 308 g/mol. The van der Waals surface area contributed by atoms with Crippen molar-refractivity contribution in [2.24, 2.45) is 0 Å². The van der Waals surface area contributed by atoms with E-state index in [2.05, 4.69) is 10.0 Å². The molecule has 1 aliphatic heterocycles. The number of hydrogen-bond donors (Lipinski definition) is 2. The Hall–Kier alpha value is -1.12. The van der Waals surface area contributed by atoms with E-state index in [1.54, 1.807) is 0 Å². The number of halogens is 3. The van der Waals surface area contributed by atoms with Crippen LogP contribution < -0.4 is 10.0 Å². The van der Waals surface area contributed by atoms with Crippen molar-refractivity contribution < 1.29 is 21.6 Å². The van der Waals surface area contributed by atoms with Gasteiger partial charge in [-0.25, -0.2) is 26.3 Å². The largest absolute Gasteiger partial charge is 0.313 e. The normalized spacial score (nSPS) is 23.8. The van der Waals surface area contributed by atoms with Crippen molar-refractivity contribution in [1.82, 2.24) is 10.0 Å². The molecule has 2 unspecified atom stereocenters. The molecule has 20 heavy (non-hydrogen) atoms. The second kappa shape index (κ2) is 5.71. The van der Waals surface area contributed by atoms with E-state index in [1.807, 2.05) is 6.92 Å². The quantitative estimate of drug-likeness (QED) is 0.890. The van der Waals surface area contributed by atoms with Crippen LogP contribution in [0.4, 0.5) is 13.2 Å². The first kappa shape index (κ1) is 15.3. The van der Waals surface area contributed by atoms with Crippen molar-refractivity contribution in [2.45, 2.75) is 36.7 Å². The molecule has 1 aromatic rings. The van der Waals surface area contributed by atoms with Gasteiger partial charge in [-0.2, -0.15) is 0 Å². The van der Waals surface area contributed by atoms with Crippen molar-refractivity contribution in [3.63, 3.8) is 0 Å². The summed E-state index contributed by atoms with van der Waals surface area (Å²) in [6, 6.07) is 0.521. The molecule has 0 saturated carbocycles. The minimum atomic E-state index is -4.36. The zero-order chi connectivity index (χ0) is 14.9. The molecule has 0 radical (unpaired) electrons. The topological polar surface area (TPSA) is 58.2 Å². The van der Waals surface area contributed by atoms with Gasteiger partial charge >= 0.3 is 0 Å². The Bertz CT molecular complexity index is 576. The summed E-state index contributed by atoms with van der Waals surface area (Å²) in [6.45, 7) is 2.34. The van der Waals surface area contributed by atoms with Gasteiger partial charge in [0.15, 0.2) is 4.90 Å². The van der Waals surface area contributed by atoms with E-state index in [9.17, 15) is 21.6 Å². The van der Waals surface area contributed by atoms with Crippen LogP contribution >= 0.6 is 0 Å². The first-order valence-corrected chi connectivity index (χ1v) is 7.68. The van der Waals surface area contributed by atoms with Gasteiger partial charge in [0.2, 0.25) is 10.0 Å². The third kappa shape index (κ3) is 3.31. The third-order valence-corrected chi connectivity index (χ3v) is 4.79. The fourth-order valence-corrected chi connectivity index (χ4v) is 3.55. The highest BCUT2D eigenvalue weighted by Crippen LogP contribution is 2.21. The molecular formula is C12H15F3N2O2S. The van der Waals surface area contributed by atoms with Gasteiger partial charge in [0.25, 0.3) is 0 Å². The second-order valence-corrected chi connectivity index (χ2v) is 6.55. The molecule has 2 atom stereocenters. The predicted molar refractivity (Wildman–Crippen MR) is 67.1 cm³/mol. The van der Waals surface area contributed by atoms with Crippen LogP contribution in [0.1, 0.15) is 19.8 Å². The molecule has 0 aliphatic carbocycles. The molecule has 1 aromatic carbocycles. The number of piperidine rings is 1. The Kier molecular flexibility index (Phi) is 4.36. The molecule has 0 aromatic heterocycles. The lowest BCUT2D eigenvalue weighted by Gasteiger charge is -2.28. The Morgan fingerprint density at radius 2 is 1.80 bits per heavy atom. The molecule has 0 amide bonds. The average Bonchev–Trinajstić information content (AvgIpc) is 2.30. The number of benzene rings is 1. The SMILES string of the molecule is CC1CCC(NS(=O)(=O)c2c(F)cc(F)cc2F)CN1. The van der Waals surface area contributed by atoms with Gasteiger partial charge in [0.05, 0.1) is 0 Å². The summed E-state index contributed by atoms with van der Waals surface area (Å²) in [4.78, 5) is -1.14. The van der Waals surface area contributed by atoms with Crippen LogP contribution in [0.5, 0.6) is 0 Å². The molecule has 112 valence electrons. The van der Waals surface area contributed by atoms with Gasteiger partial charge in [-0.1, -0.05) is 0 Å². The van der Waals surface area contributed by atoms with E-state index in [0.717, 1.165) is 6.42 Å². The van der Waals surface area contributed by atoms with Crippen molar-refractivity contribution >= 4 is 10.0 Å². The van der Waals surface area contributed by atoms with E-state index in [1.165, 1.54) is 0 Å². The molecule has 8 heteroatoms. The Morgan fingerprint density at radius 1 is 1.20 bits per heavy atom. The van der Waals surface area contributed by atoms with Gasteiger partial charge in [-0.05, 0) is 19.8 Å². The summed E-state index contributed by atoms with van der Waals surface area (Å²) in [5.41, 5.74) is 0. The molecule has 1 heterocycles. The molecule has 4 nitrogen and oxygen atoms in total. The van der Waals surface area contributed by atoms with Crippen LogP contribution in [-0.4, -0.2) is 27.0 Å². The number of nitrogens with one attached hydrogen (secondary N) is 2. The molecule has 2 N–H and O–H groups in total. The van der Waals surface area contributed by atoms with Crippen molar-refractivity contribution in [3.8, 4) is 0 Å². The van der Waals surface area contributed by atoms with E-state index in [-0.39, 0.29) is 6.04 Å². The Morgan fingerprint density at radius 3 is 2.30 bits per heavy atom. The van der Waals surface area contributed by atoms with Gasteiger partial charge in [0, 0.05) is 30.8 Å². The Labute approximate surface area is 115 Å². The maximum Gasteiger partial charge on any atom is 0.246 e. The number of hydrogen-bond acceptors (Lipinski definition) is 3. The molecule has 0 bridgehead atoms.